The topological polar surface area (TPSA) is 24.7 Å². The van der Waals surface area contributed by atoms with Crippen LogP contribution >= 0.6 is 0 Å². The van der Waals surface area contributed by atoms with E-state index in [1.54, 1.807) is 0 Å². The molecule has 0 spiro atoms. The number of nitrogens with zero attached hydrogens (tertiary/aromatic N) is 2. The van der Waals surface area contributed by atoms with Crippen molar-refractivity contribution in [1.82, 2.24) is 0 Å². The van der Waals surface area contributed by atoms with Gasteiger partial charge in [-0.1, -0.05) is 314 Å². The van der Waals surface area contributed by atoms with E-state index in [0.29, 0.717) is 0 Å². The van der Waals surface area contributed by atoms with Gasteiger partial charge in [-0.25, -0.2) is 9.48 Å². The minimum Gasteiger partial charge on any atom is -0.496 e. The Hall–Kier alpha value is -6.91. The van der Waals surface area contributed by atoms with Crippen LogP contribution in [0.3, 0.4) is 0 Å². The molecule has 8 aromatic carbocycles. The van der Waals surface area contributed by atoms with Crippen LogP contribution in [0.5, 0.6) is 11.5 Å². The minimum absolute atomic E-state index is 0.0149. The second kappa shape index (κ2) is 25.6. The molecule has 1 heterocycles. The Bertz CT molecular complexity index is 4120. The zero-order valence-electron chi connectivity index (χ0n) is 68.1. The standard InChI is InChI=1S/C95H127N2O2/c1-54-41-69(56(3)63-45-73(88(9,10)11)60(7)74(46-63)89(12,13)14)82(70(42-54)57(4)64-47-75(90(15,16)17)61(8)76(48-64)91(18,19)20)96-53-97(85-68-40-36-38-62-37-35-39-67(81(62)68)84(85)96)83-71(58(5)65-49-77(92(21,22)23)86(98-33)78(50-65)93(24,25)26)43-55(2)44-72(83)59(6)66-51-79(94(27,28)29)87(99-34)80(52-66)95(30,31)32/h35-53,56-59,84-85H,1-34H3/q+1/t56-,57-,58-,59-,84?,85?/m1/s1. The van der Waals surface area contributed by atoms with Crippen LogP contribution in [0.25, 0.3) is 10.8 Å². The summed E-state index contributed by atoms with van der Waals surface area (Å²) in [5.41, 5.74) is 31.0. The third-order valence-electron chi connectivity index (χ3n) is 22.7. The Morgan fingerprint density at radius 1 is 0.354 bits per heavy atom. The molecule has 0 saturated carbocycles. The van der Waals surface area contributed by atoms with Crippen LogP contribution in [0.15, 0.2) is 109 Å². The molecule has 1 aliphatic carbocycles. The van der Waals surface area contributed by atoms with E-state index in [1.165, 1.54) is 145 Å². The van der Waals surface area contributed by atoms with Gasteiger partial charge in [0, 0.05) is 79.3 Å². The van der Waals surface area contributed by atoms with Gasteiger partial charge in [-0.15, -0.1) is 0 Å². The van der Waals surface area contributed by atoms with Crippen molar-refractivity contribution in [2.45, 2.75) is 301 Å². The Balaban J connectivity index is 1.40. The summed E-state index contributed by atoms with van der Waals surface area (Å²) < 4.78 is 15.9. The maximum absolute atomic E-state index is 6.52. The molecule has 1 aliphatic heterocycles. The van der Waals surface area contributed by atoms with Crippen molar-refractivity contribution >= 4 is 28.5 Å². The summed E-state index contributed by atoms with van der Waals surface area (Å²) in [7, 11) is 3.73. The summed E-state index contributed by atoms with van der Waals surface area (Å²) in [6.45, 7) is 76.4. The summed E-state index contributed by atoms with van der Waals surface area (Å²) in [6.07, 6.45) is 2.63. The summed E-state index contributed by atoms with van der Waals surface area (Å²) >= 11 is 0. The number of hydrogen-bond acceptors (Lipinski definition) is 3. The molecular formula is C95H127N2O2+. The van der Waals surface area contributed by atoms with Gasteiger partial charge in [0.1, 0.15) is 22.9 Å². The van der Waals surface area contributed by atoms with E-state index in [2.05, 4.69) is 347 Å². The first kappa shape index (κ1) is 74.8. The highest BCUT2D eigenvalue weighted by Gasteiger charge is 2.54. The number of fused-ring (bicyclic) bond motifs is 3. The van der Waals surface area contributed by atoms with Crippen molar-refractivity contribution in [3.8, 4) is 11.5 Å². The van der Waals surface area contributed by atoms with Crippen LogP contribution in [0, 0.1) is 27.7 Å². The molecule has 0 amide bonds. The highest BCUT2D eigenvalue weighted by Crippen LogP contribution is 2.59. The van der Waals surface area contributed by atoms with E-state index >= 15 is 0 Å². The van der Waals surface area contributed by atoms with Crippen molar-refractivity contribution < 1.29 is 14.0 Å². The van der Waals surface area contributed by atoms with Gasteiger partial charge in [0.15, 0.2) is 12.1 Å². The predicted molar refractivity (Wildman–Crippen MR) is 428 cm³/mol. The monoisotopic (exact) mass is 1330 g/mol. The maximum atomic E-state index is 6.52. The lowest BCUT2D eigenvalue weighted by Crippen LogP contribution is -2.27. The number of methoxy groups -OCH3 is 2. The molecule has 2 aliphatic rings. The van der Waals surface area contributed by atoms with Crippen molar-refractivity contribution in [3.05, 3.63) is 232 Å². The molecule has 6 atom stereocenters. The average molecular weight is 1330 g/mol. The van der Waals surface area contributed by atoms with Crippen molar-refractivity contribution in [2.75, 3.05) is 19.1 Å². The maximum Gasteiger partial charge on any atom is 0.245 e. The summed E-state index contributed by atoms with van der Waals surface area (Å²) in [5.74, 6) is 1.94. The van der Waals surface area contributed by atoms with E-state index in [0.717, 1.165) is 11.5 Å². The summed E-state index contributed by atoms with van der Waals surface area (Å²) in [5, 5.41) is 2.66. The third kappa shape index (κ3) is 13.8. The number of rotatable bonds is 12. The molecule has 4 heteroatoms. The van der Waals surface area contributed by atoms with Gasteiger partial charge in [0.25, 0.3) is 0 Å². The van der Waals surface area contributed by atoms with Crippen LogP contribution in [0.1, 0.15) is 352 Å². The minimum atomic E-state index is -0.190. The molecule has 528 valence electrons. The molecule has 0 fully saturated rings. The Kier molecular flexibility index (Phi) is 19.3. The van der Waals surface area contributed by atoms with E-state index in [-0.39, 0.29) is 79.1 Å². The molecule has 4 nitrogen and oxygen atoms in total. The van der Waals surface area contributed by atoms with Crippen molar-refractivity contribution in [3.63, 3.8) is 0 Å². The zero-order chi connectivity index (χ0) is 73.6. The van der Waals surface area contributed by atoms with Crippen LogP contribution < -0.4 is 14.4 Å². The molecular weight excluding hydrogens is 1200 g/mol. The van der Waals surface area contributed by atoms with E-state index < -0.39 is 0 Å². The Morgan fingerprint density at radius 3 is 0.919 bits per heavy atom. The number of hydrogen-bond donors (Lipinski definition) is 0. The quantitative estimate of drug-likeness (QED) is 0.114. The van der Waals surface area contributed by atoms with Gasteiger partial charge in [0.2, 0.25) is 6.34 Å². The van der Waals surface area contributed by atoms with E-state index in [1.807, 2.05) is 14.2 Å². The predicted octanol–water partition coefficient (Wildman–Crippen LogP) is 26.1. The normalized spacial score (nSPS) is 16.9. The second-order valence-electron chi connectivity index (χ2n) is 38.9. The molecule has 0 radical (unpaired) electrons. The van der Waals surface area contributed by atoms with Crippen LogP contribution in [-0.2, 0) is 43.3 Å². The first-order chi connectivity index (χ1) is 45.4. The third-order valence-corrected chi connectivity index (χ3v) is 22.7. The van der Waals surface area contributed by atoms with Crippen LogP contribution in [-0.4, -0.2) is 25.1 Å². The molecule has 8 aromatic rings. The average Bonchev–Trinajstić information content (AvgIpc) is 1.56. The number of aryl methyl sites for hydroxylation is 2. The molecule has 10 rings (SSSR count). The largest absolute Gasteiger partial charge is 0.496 e. The molecule has 0 N–H and O–H groups in total. The number of benzene rings is 8. The molecule has 0 aromatic heterocycles. The van der Waals surface area contributed by atoms with Gasteiger partial charge in [-0.3, -0.25) is 0 Å². The lowest BCUT2D eigenvalue weighted by molar-refractivity contribution is -0.481. The lowest BCUT2D eigenvalue weighted by Gasteiger charge is -2.33. The first-order valence-corrected chi connectivity index (χ1v) is 37.4. The van der Waals surface area contributed by atoms with Gasteiger partial charge in [-0.2, -0.15) is 0 Å². The molecule has 0 bridgehead atoms. The first-order valence-electron chi connectivity index (χ1n) is 37.4. The fraction of sp³-hybridized carbons (Fsp3) is 0.505. The van der Waals surface area contributed by atoms with Gasteiger partial charge in [0.05, 0.1) is 14.2 Å². The molecule has 99 heavy (non-hydrogen) atoms. The highest BCUT2D eigenvalue weighted by molar-refractivity contribution is 5.96. The van der Waals surface area contributed by atoms with E-state index in [4.69, 9.17) is 9.47 Å². The summed E-state index contributed by atoms with van der Waals surface area (Å²) in [4.78, 5) is 2.83. The second-order valence-corrected chi connectivity index (χ2v) is 38.9. The van der Waals surface area contributed by atoms with Gasteiger partial charge >= 0.3 is 0 Å². The van der Waals surface area contributed by atoms with Crippen LogP contribution in [0.2, 0.25) is 0 Å². The zero-order valence-corrected chi connectivity index (χ0v) is 68.1. The SMILES string of the molecule is COc1c(C(C)(C)C)cc([C@@H](C)c2cc(C)cc([C@H](C)c3cc(C(C)(C)C)c(OC)c(C(C)(C)C)c3)c2[N+]2=CN(c3c([C@H](C)c4cc(C(C)(C)C)c(C)c(C(C)(C)C)c4)cc(C)cc3[C@H](C)c3cc(C(C)(C)C)c(C)c(C(C)(C)C)c3)C3c4cccc5cccc(c45)C32)cc1C(C)(C)C. The number of anilines is 1. The molecule has 2 unspecified atom stereocenters. The summed E-state index contributed by atoms with van der Waals surface area (Å²) in [6, 6.07) is 44.7. The van der Waals surface area contributed by atoms with Gasteiger partial charge < -0.3 is 9.47 Å². The Labute approximate surface area is 601 Å². The number of ether oxygens (including phenoxy) is 2. The fourth-order valence-corrected chi connectivity index (χ4v) is 17.4. The van der Waals surface area contributed by atoms with E-state index in [9.17, 15) is 0 Å². The van der Waals surface area contributed by atoms with Crippen molar-refractivity contribution in [1.29, 1.82) is 0 Å². The fourth-order valence-electron chi connectivity index (χ4n) is 17.4. The smallest absolute Gasteiger partial charge is 0.245 e. The molecule has 0 saturated heterocycles. The highest BCUT2D eigenvalue weighted by atomic mass is 16.5. The van der Waals surface area contributed by atoms with Gasteiger partial charge in [-0.05, 0) is 137 Å². The Morgan fingerprint density at radius 2 is 0.626 bits per heavy atom. The lowest BCUT2D eigenvalue weighted by atomic mass is 9.73. The van der Waals surface area contributed by atoms with Crippen LogP contribution in [0.4, 0.5) is 11.4 Å². The van der Waals surface area contributed by atoms with Crippen molar-refractivity contribution in [2.24, 2.45) is 0 Å².